The molecule has 2 N–H and O–H groups in total. The molecule has 90 valence electrons. The molecule has 0 bridgehead atoms. The molecule has 0 spiro atoms. The number of hydrogen-bond acceptors (Lipinski definition) is 3. The van der Waals surface area contributed by atoms with Gasteiger partial charge in [0.1, 0.15) is 0 Å². The second-order valence-corrected chi connectivity index (χ2v) is 5.05. The molecule has 0 amide bonds. The largest absolute Gasteiger partial charge is 0.395 e. The fourth-order valence-corrected chi connectivity index (χ4v) is 2.07. The van der Waals surface area contributed by atoms with E-state index in [4.69, 9.17) is 0 Å². The summed E-state index contributed by atoms with van der Waals surface area (Å²) in [5, 5.41) is 12.6. The van der Waals surface area contributed by atoms with Crippen LogP contribution in [0.3, 0.4) is 0 Å². The highest BCUT2D eigenvalue weighted by atomic mass is 16.3. The summed E-state index contributed by atoms with van der Waals surface area (Å²) >= 11 is 0. The molecule has 3 nitrogen and oxygen atoms in total. The van der Waals surface area contributed by atoms with Crippen molar-refractivity contribution >= 4 is 0 Å². The van der Waals surface area contributed by atoms with Crippen LogP contribution in [0.1, 0.15) is 39.5 Å². The van der Waals surface area contributed by atoms with Crippen LogP contribution in [0.5, 0.6) is 0 Å². The van der Waals surface area contributed by atoms with Crippen molar-refractivity contribution in [3.63, 3.8) is 0 Å². The van der Waals surface area contributed by atoms with Crippen molar-refractivity contribution in [2.24, 2.45) is 0 Å². The van der Waals surface area contributed by atoms with Gasteiger partial charge in [0.15, 0.2) is 0 Å². The maximum atomic E-state index is 9.22. The van der Waals surface area contributed by atoms with Gasteiger partial charge in [-0.1, -0.05) is 20.3 Å². The topological polar surface area (TPSA) is 35.5 Å². The van der Waals surface area contributed by atoms with E-state index in [1.807, 2.05) is 0 Å². The SMILES string of the molecule is CC(C)NC(CO)CCN(C)C1CCC1. The van der Waals surface area contributed by atoms with Gasteiger partial charge in [0.25, 0.3) is 0 Å². The summed E-state index contributed by atoms with van der Waals surface area (Å²) in [6, 6.07) is 1.52. The zero-order valence-electron chi connectivity index (χ0n) is 10.4. The molecule has 1 rings (SSSR count). The molecule has 0 aliphatic heterocycles. The highest BCUT2D eigenvalue weighted by Crippen LogP contribution is 2.23. The molecular weight excluding hydrogens is 188 g/mol. The van der Waals surface area contributed by atoms with Gasteiger partial charge in [0.2, 0.25) is 0 Å². The monoisotopic (exact) mass is 214 g/mol. The molecule has 0 aromatic heterocycles. The predicted octanol–water partition coefficient (Wildman–Crippen LogP) is 1.22. The van der Waals surface area contributed by atoms with Crippen molar-refractivity contribution in [1.82, 2.24) is 10.2 Å². The Morgan fingerprint density at radius 1 is 1.40 bits per heavy atom. The van der Waals surface area contributed by atoms with Crippen LogP contribution in [0.4, 0.5) is 0 Å². The van der Waals surface area contributed by atoms with Crippen molar-refractivity contribution in [1.29, 1.82) is 0 Å². The fraction of sp³-hybridized carbons (Fsp3) is 1.00. The van der Waals surface area contributed by atoms with Gasteiger partial charge in [0, 0.05) is 18.1 Å². The number of aliphatic hydroxyl groups excluding tert-OH is 1. The van der Waals surface area contributed by atoms with Gasteiger partial charge < -0.3 is 15.3 Å². The first kappa shape index (κ1) is 12.9. The summed E-state index contributed by atoms with van der Waals surface area (Å²) in [6.07, 6.45) is 5.15. The quantitative estimate of drug-likeness (QED) is 0.669. The van der Waals surface area contributed by atoms with E-state index in [0.29, 0.717) is 6.04 Å². The third kappa shape index (κ3) is 4.49. The van der Waals surface area contributed by atoms with E-state index < -0.39 is 0 Å². The first-order valence-electron chi connectivity index (χ1n) is 6.20. The Hall–Kier alpha value is -0.120. The number of aliphatic hydroxyl groups is 1. The van der Waals surface area contributed by atoms with Crippen molar-refractivity contribution in [2.45, 2.75) is 57.7 Å². The summed E-state index contributed by atoms with van der Waals surface area (Å²) in [5.41, 5.74) is 0. The van der Waals surface area contributed by atoms with Crippen LogP contribution in [0.2, 0.25) is 0 Å². The molecule has 0 saturated heterocycles. The lowest BCUT2D eigenvalue weighted by Gasteiger charge is -2.35. The van der Waals surface area contributed by atoms with Crippen molar-refractivity contribution < 1.29 is 5.11 Å². The van der Waals surface area contributed by atoms with Crippen LogP contribution in [-0.4, -0.2) is 48.3 Å². The van der Waals surface area contributed by atoms with E-state index in [9.17, 15) is 5.11 Å². The number of nitrogens with one attached hydrogen (secondary N) is 1. The molecule has 1 saturated carbocycles. The molecule has 1 atom stereocenters. The van der Waals surface area contributed by atoms with Crippen molar-refractivity contribution in [3.8, 4) is 0 Å². The molecule has 1 unspecified atom stereocenters. The maximum Gasteiger partial charge on any atom is 0.0585 e. The second kappa shape index (κ2) is 6.46. The van der Waals surface area contributed by atoms with Crippen molar-refractivity contribution in [3.05, 3.63) is 0 Å². The first-order chi connectivity index (χ1) is 7.13. The van der Waals surface area contributed by atoms with Crippen LogP contribution in [0.15, 0.2) is 0 Å². The summed E-state index contributed by atoms with van der Waals surface area (Å²) in [6.45, 7) is 5.59. The lowest BCUT2D eigenvalue weighted by atomic mass is 9.91. The molecule has 0 radical (unpaired) electrons. The summed E-state index contributed by atoms with van der Waals surface area (Å²) in [5.74, 6) is 0. The third-order valence-electron chi connectivity index (χ3n) is 3.32. The van der Waals surface area contributed by atoms with Crippen molar-refractivity contribution in [2.75, 3.05) is 20.2 Å². The molecule has 1 fully saturated rings. The predicted molar refractivity (Wildman–Crippen MR) is 64.0 cm³/mol. The van der Waals surface area contributed by atoms with Gasteiger partial charge in [-0.15, -0.1) is 0 Å². The Morgan fingerprint density at radius 3 is 2.47 bits per heavy atom. The van der Waals surface area contributed by atoms with E-state index >= 15 is 0 Å². The third-order valence-corrected chi connectivity index (χ3v) is 3.32. The smallest absolute Gasteiger partial charge is 0.0585 e. The minimum absolute atomic E-state index is 0.247. The highest BCUT2D eigenvalue weighted by Gasteiger charge is 2.22. The van der Waals surface area contributed by atoms with E-state index in [1.165, 1.54) is 19.3 Å². The summed E-state index contributed by atoms with van der Waals surface area (Å²) in [7, 11) is 2.20. The molecule has 1 aliphatic rings. The zero-order valence-corrected chi connectivity index (χ0v) is 10.4. The van der Waals surface area contributed by atoms with Crippen LogP contribution in [0, 0.1) is 0 Å². The van der Waals surface area contributed by atoms with E-state index in [1.54, 1.807) is 0 Å². The van der Waals surface area contributed by atoms with Gasteiger partial charge in [-0.2, -0.15) is 0 Å². The van der Waals surface area contributed by atoms with E-state index in [-0.39, 0.29) is 12.6 Å². The minimum atomic E-state index is 0.247. The lowest BCUT2D eigenvalue weighted by molar-refractivity contribution is 0.142. The molecule has 0 heterocycles. The van der Waals surface area contributed by atoms with Gasteiger partial charge in [-0.05, 0) is 32.9 Å². The summed E-state index contributed by atoms with van der Waals surface area (Å²) < 4.78 is 0. The van der Waals surface area contributed by atoms with E-state index in [0.717, 1.165) is 19.0 Å². The Balaban J connectivity index is 2.14. The Labute approximate surface area is 93.9 Å². The molecule has 0 aromatic rings. The Bertz CT molecular complexity index is 169. The molecule has 1 aliphatic carbocycles. The number of nitrogens with zero attached hydrogens (tertiary/aromatic N) is 1. The number of hydrogen-bond donors (Lipinski definition) is 2. The Kier molecular flexibility index (Phi) is 5.58. The molecule has 3 heteroatoms. The Morgan fingerprint density at radius 2 is 2.07 bits per heavy atom. The lowest BCUT2D eigenvalue weighted by Crippen LogP contribution is -2.43. The zero-order chi connectivity index (χ0) is 11.3. The average Bonchev–Trinajstić information content (AvgIpc) is 2.08. The van der Waals surface area contributed by atoms with Crippen LogP contribution >= 0.6 is 0 Å². The van der Waals surface area contributed by atoms with Gasteiger partial charge in [0.05, 0.1) is 6.61 Å². The number of rotatable bonds is 7. The van der Waals surface area contributed by atoms with E-state index in [2.05, 4.69) is 31.1 Å². The second-order valence-electron chi connectivity index (χ2n) is 5.05. The van der Waals surface area contributed by atoms with Gasteiger partial charge in [-0.25, -0.2) is 0 Å². The van der Waals surface area contributed by atoms with Crippen LogP contribution in [-0.2, 0) is 0 Å². The molecule has 15 heavy (non-hydrogen) atoms. The maximum absolute atomic E-state index is 9.22. The minimum Gasteiger partial charge on any atom is -0.395 e. The normalized spacial score (nSPS) is 19.6. The van der Waals surface area contributed by atoms with Crippen LogP contribution in [0.25, 0.3) is 0 Å². The highest BCUT2D eigenvalue weighted by molar-refractivity contribution is 4.79. The van der Waals surface area contributed by atoms with Crippen LogP contribution < -0.4 is 5.32 Å². The fourth-order valence-electron chi connectivity index (χ4n) is 2.07. The average molecular weight is 214 g/mol. The standard InChI is InChI=1S/C12H26N2O/c1-10(2)13-11(9-15)7-8-14(3)12-5-4-6-12/h10-13,15H,4-9H2,1-3H3. The van der Waals surface area contributed by atoms with Gasteiger partial charge in [-0.3, -0.25) is 0 Å². The summed E-state index contributed by atoms with van der Waals surface area (Å²) in [4.78, 5) is 2.44. The molecular formula is C12H26N2O. The molecule has 0 aromatic carbocycles. The first-order valence-corrected chi connectivity index (χ1v) is 6.20. The van der Waals surface area contributed by atoms with Gasteiger partial charge >= 0.3 is 0 Å².